The lowest BCUT2D eigenvalue weighted by atomic mass is 9.79. The average molecular weight is 547 g/mol. The first-order valence-corrected chi connectivity index (χ1v) is 12.1. The number of rotatable bonds is 20. The highest BCUT2D eigenvalue weighted by Gasteiger charge is 2.39. The number of nitrogens with zero attached hydrogens (tertiary/aromatic N) is 2. The number of carbonyl (C=O) groups excluding carboxylic acids is 2. The second-order valence-corrected chi connectivity index (χ2v) is 8.54. The molecule has 0 radical (unpaired) electrons. The highest BCUT2D eigenvalue weighted by atomic mass is 17.0. The van der Waals surface area contributed by atoms with Gasteiger partial charge in [-0.3, -0.25) is 9.59 Å². The van der Waals surface area contributed by atoms with Crippen LogP contribution in [0, 0.1) is 26.1 Å². The highest BCUT2D eigenvalue weighted by molar-refractivity contribution is 6.23. The summed E-state index contributed by atoms with van der Waals surface area (Å²) in [5, 5.41) is 27.9. The minimum atomic E-state index is -1.37. The minimum absolute atomic E-state index is 0.0872. The van der Waals surface area contributed by atoms with Crippen molar-refractivity contribution in [2.75, 3.05) is 27.4 Å². The van der Waals surface area contributed by atoms with Gasteiger partial charge in [0.25, 0.3) is 10.2 Å². The van der Waals surface area contributed by atoms with E-state index in [0.717, 1.165) is 32.1 Å². The number of ketones is 2. The maximum atomic E-state index is 13.3. The molecule has 2 unspecified atom stereocenters. The molecule has 0 aromatic carbocycles. The third-order valence-corrected chi connectivity index (χ3v) is 6.00. The van der Waals surface area contributed by atoms with Gasteiger partial charge in [-0.05, 0) is 32.1 Å². The molecular weight excluding hydrogens is 512 g/mol. The van der Waals surface area contributed by atoms with Crippen LogP contribution in [0.4, 0.5) is 4.79 Å². The number of hydrogen-bond donors (Lipinski definition) is 1. The molecule has 0 aromatic heterocycles. The second-order valence-electron chi connectivity index (χ2n) is 8.54. The highest BCUT2D eigenvalue weighted by Crippen LogP contribution is 2.35. The Balaban J connectivity index is 2.94. The van der Waals surface area contributed by atoms with Crippen LogP contribution in [0.2, 0.25) is 0 Å². The Hall–Kier alpha value is -3.91. The van der Waals surface area contributed by atoms with E-state index in [1.807, 2.05) is 0 Å². The number of hydrogen-bond acceptors (Lipinski definition) is 12. The Morgan fingerprint density at radius 1 is 0.895 bits per heavy atom. The predicted molar refractivity (Wildman–Crippen MR) is 128 cm³/mol. The number of allylic oxidation sites excluding steroid dienone is 2. The maximum absolute atomic E-state index is 13.3. The summed E-state index contributed by atoms with van der Waals surface area (Å²) in [6, 6.07) is 0. The van der Waals surface area contributed by atoms with E-state index < -0.39 is 46.5 Å². The summed E-state index contributed by atoms with van der Waals surface area (Å²) in [6.07, 6.45) is 2.86. The number of carbonyl (C=O) groups is 3. The third-order valence-electron chi connectivity index (χ3n) is 6.00. The molecule has 0 aliphatic heterocycles. The molecule has 15 nitrogen and oxygen atoms in total. The molecular formula is C23H34N2O13. The number of Topliss-reactive ketones (excluding diaryl/α,β-unsaturated/α-hetero) is 2. The van der Waals surface area contributed by atoms with Crippen LogP contribution in [0.25, 0.3) is 0 Å². The molecule has 0 saturated heterocycles. The van der Waals surface area contributed by atoms with Crippen LogP contribution in [0.5, 0.6) is 0 Å². The molecule has 15 heteroatoms. The van der Waals surface area contributed by atoms with Gasteiger partial charge in [-0.1, -0.05) is 38.5 Å². The molecule has 0 saturated carbocycles. The quantitative estimate of drug-likeness (QED) is 0.0763. The molecule has 1 aliphatic carbocycles. The molecule has 2 atom stereocenters. The summed E-state index contributed by atoms with van der Waals surface area (Å²) in [5.74, 6) is -2.43. The van der Waals surface area contributed by atoms with Crippen molar-refractivity contribution in [1.29, 1.82) is 0 Å². The molecule has 214 valence electrons. The van der Waals surface area contributed by atoms with Gasteiger partial charge in [0.15, 0.2) is 0 Å². The minimum Gasteiger partial charge on any atom is -0.489 e. The van der Waals surface area contributed by atoms with Crippen molar-refractivity contribution < 1.29 is 53.5 Å². The van der Waals surface area contributed by atoms with E-state index in [2.05, 4.69) is 14.4 Å². The summed E-state index contributed by atoms with van der Waals surface area (Å²) >= 11 is 0. The van der Waals surface area contributed by atoms with E-state index in [-0.39, 0.29) is 35.7 Å². The zero-order chi connectivity index (χ0) is 28.7. The number of unbranched alkanes of at least 4 members (excludes halogenated alkanes) is 6. The molecule has 1 rings (SSSR count). The zero-order valence-electron chi connectivity index (χ0n) is 21.7. The fourth-order valence-corrected chi connectivity index (χ4v) is 4.29. The first-order chi connectivity index (χ1) is 18.0. The van der Waals surface area contributed by atoms with Crippen molar-refractivity contribution in [1.82, 2.24) is 0 Å². The zero-order valence-corrected chi connectivity index (χ0v) is 21.7. The van der Waals surface area contributed by atoms with Crippen molar-refractivity contribution in [2.45, 2.75) is 70.8 Å². The SMILES string of the molecule is COC1=C(OC)C(=O)C(C(CCCCCCCCCOC(=O)O)CC(CO[N+](=O)[O-])O[N+](=O)[O-])=C(C)C1=O. The standard InChI is InChI=1S/C23H34N2O13/c1-15-18(20(27)22(35-3)21(34-2)19(15)26)16(13-17(38-25(32)33)14-37-24(30)31)11-9-7-5-4-6-8-10-12-36-23(28)29/h16-17H,4-14H2,1-3H3,(H,28,29). The van der Waals surface area contributed by atoms with Crippen molar-refractivity contribution in [3.8, 4) is 0 Å². The Morgan fingerprint density at radius 2 is 1.45 bits per heavy atom. The summed E-state index contributed by atoms with van der Waals surface area (Å²) < 4.78 is 14.6. The van der Waals surface area contributed by atoms with Crippen LogP contribution in [-0.4, -0.2) is 66.5 Å². The van der Waals surface area contributed by atoms with Crippen LogP contribution in [0.3, 0.4) is 0 Å². The Kier molecular flexibility index (Phi) is 14.2. The van der Waals surface area contributed by atoms with Gasteiger partial charge in [-0.2, -0.15) is 0 Å². The van der Waals surface area contributed by atoms with E-state index in [0.29, 0.717) is 19.3 Å². The molecule has 0 fully saturated rings. The van der Waals surface area contributed by atoms with Gasteiger partial charge in [0.05, 0.1) is 20.8 Å². The summed E-state index contributed by atoms with van der Waals surface area (Å²) in [6.45, 7) is 0.855. The normalized spacial score (nSPS) is 15.1. The Morgan fingerprint density at radius 3 is 1.97 bits per heavy atom. The lowest BCUT2D eigenvalue weighted by Gasteiger charge is -2.28. The van der Waals surface area contributed by atoms with Crippen LogP contribution < -0.4 is 0 Å². The fraction of sp³-hybridized carbons (Fsp3) is 0.696. The largest absolute Gasteiger partial charge is 0.505 e. The molecule has 0 amide bonds. The van der Waals surface area contributed by atoms with E-state index in [4.69, 9.17) is 14.6 Å². The smallest absolute Gasteiger partial charge is 0.489 e. The van der Waals surface area contributed by atoms with Gasteiger partial charge in [0, 0.05) is 11.1 Å². The molecule has 0 bridgehead atoms. The number of carboxylic acid groups (broad SMARTS) is 1. The van der Waals surface area contributed by atoms with E-state index in [1.54, 1.807) is 0 Å². The van der Waals surface area contributed by atoms with Crippen molar-refractivity contribution in [3.63, 3.8) is 0 Å². The predicted octanol–water partition coefficient (Wildman–Crippen LogP) is 3.57. The first kappa shape index (κ1) is 32.1. The lowest BCUT2D eigenvalue weighted by Crippen LogP contribution is -2.33. The molecule has 0 heterocycles. The fourth-order valence-electron chi connectivity index (χ4n) is 4.29. The second kappa shape index (κ2) is 16.8. The van der Waals surface area contributed by atoms with Gasteiger partial charge < -0.3 is 29.0 Å². The topological polar surface area (TPSA) is 204 Å². The third kappa shape index (κ3) is 10.6. The average Bonchev–Trinajstić information content (AvgIpc) is 2.84. The van der Waals surface area contributed by atoms with E-state index in [9.17, 15) is 34.6 Å². The summed E-state index contributed by atoms with van der Waals surface area (Å²) in [5.41, 5.74) is 0.181. The van der Waals surface area contributed by atoms with Crippen LogP contribution in [0.1, 0.15) is 64.7 Å². The Bertz CT molecular complexity index is 928. The molecule has 1 aliphatic rings. The van der Waals surface area contributed by atoms with Crippen LogP contribution in [-0.2, 0) is 33.5 Å². The summed E-state index contributed by atoms with van der Waals surface area (Å²) in [4.78, 5) is 66.9. The van der Waals surface area contributed by atoms with Crippen LogP contribution in [0.15, 0.2) is 22.7 Å². The van der Waals surface area contributed by atoms with Gasteiger partial charge in [-0.15, -0.1) is 20.2 Å². The molecule has 0 aromatic rings. The van der Waals surface area contributed by atoms with Gasteiger partial charge in [0.2, 0.25) is 23.1 Å². The van der Waals surface area contributed by atoms with Gasteiger partial charge in [0.1, 0.15) is 12.7 Å². The van der Waals surface area contributed by atoms with Gasteiger partial charge in [-0.25, -0.2) is 4.79 Å². The Labute approximate surface area is 218 Å². The monoisotopic (exact) mass is 546 g/mol. The van der Waals surface area contributed by atoms with Crippen molar-refractivity contribution >= 4 is 17.7 Å². The lowest BCUT2D eigenvalue weighted by molar-refractivity contribution is -0.790. The van der Waals surface area contributed by atoms with Gasteiger partial charge >= 0.3 is 6.16 Å². The van der Waals surface area contributed by atoms with Crippen LogP contribution >= 0.6 is 0 Å². The molecule has 1 N–H and O–H groups in total. The summed E-state index contributed by atoms with van der Waals surface area (Å²) in [7, 11) is 2.44. The van der Waals surface area contributed by atoms with E-state index >= 15 is 0 Å². The number of ether oxygens (including phenoxy) is 3. The van der Waals surface area contributed by atoms with E-state index in [1.165, 1.54) is 21.1 Å². The first-order valence-electron chi connectivity index (χ1n) is 12.1. The maximum Gasteiger partial charge on any atom is 0.505 e. The molecule has 38 heavy (non-hydrogen) atoms. The molecule has 0 spiro atoms. The van der Waals surface area contributed by atoms with Crippen molar-refractivity contribution in [2.24, 2.45) is 5.92 Å². The number of methoxy groups -OCH3 is 2. The van der Waals surface area contributed by atoms with Crippen molar-refractivity contribution in [3.05, 3.63) is 42.9 Å².